The van der Waals surface area contributed by atoms with Crippen LogP contribution >= 0.6 is 0 Å². The Morgan fingerprint density at radius 1 is 1.29 bits per heavy atom. The van der Waals surface area contributed by atoms with Gasteiger partial charge in [-0.15, -0.1) is 0 Å². The lowest BCUT2D eigenvalue weighted by Gasteiger charge is -1.91. The zero-order chi connectivity index (χ0) is 11.8. The van der Waals surface area contributed by atoms with Crippen molar-refractivity contribution < 1.29 is 13.7 Å². The molecular weight excluding hydrogens is 218 g/mol. The number of nitrogens with zero attached hydrogens (tertiary/aromatic N) is 1. The van der Waals surface area contributed by atoms with Crippen LogP contribution < -0.4 is 0 Å². The molecular formula is C13H9NO3. The molecule has 0 unspecified atom stereocenters. The lowest BCUT2D eigenvalue weighted by Crippen LogP contribution is -1.99. The van der Waals surface area contributed by atoms with E-state index in [0.29, 0.717) is 22.7 Å². The van der Waals surface area contributed by atoms with E-state index in [0.717, 1.165) is 5.39 Å². The van der Waals surface area contributed by atoms with Gasteiger partial charge in [-0.1, -0.05) is 23.4 Å². The molecule has 1 aromatic carbocycles. The molecule has 0 spiro atoms. The minimum atomic E-state index is -0.208. The molecule has 0 saturated heterocycles. The number of ketones is 1. The molecule has 0 atom stereocenters. The van der Waals surface area contributed by atoms with Crippen LogP contribution in [0.3, 0.4) is 0 Å². The molecule has 0 aliphatic rings. The Morgan fingerprint density at radius 2 is 2.12 bits per heavy atom. The van der Waals surface area contributed by atoms with E-state index in [-0.39, 0.29) is 5.78 Å². The van der Waals surface area contributed by atoms with Gasteiger partial charge in [0.2, 0.25) is 5.78 Å². The molecule has 0 bridgehead atoms. The van der Waals surface area contributed by atoms with Crippen molar-refractivity contribution in [2.45, 2.75) is 6.92 Å². The fourth-order valence-corrected chi connectivity index (χ4v) is 1.74. The summed E-state index contributed by atoms with van der Waals surface area (Å²) in [6.45, 7) is 1.70. The molecule has 0 aliphatic carbocycles. The Labute approximate surface area is 96.8 Å². The first-order valence-electron chi connectivity index (χ1n) is 5.20. The number of rotatable bonds is 2. The molecule has 3 aromatic rings. The predicted molar refractivity (Wildman–Crippen MR) is 60.9 cm³/mol. The van der Waals surface area contributed by atoms with Crippen molar-refractivity contribution in [1.29, 1.82) is 0 Å². The smallest absolute Gasteiger partial charge is 0.233 e. The molecule has 0 radical (unpaired) electrons. The van der Waals surface area contributed by atoms with Crippen LogP contribution in [0.2, 0.25) is 0 Å². The van der Waals surface area contributed by atoms with E-state index < -0.39 is 0 Å². The summed E-state index contributed by atoms with van der Waals surface area (Å²) in [7, 11) is 0. The zero-order valence-corrected chi connectivity index (χ0v) is 9.14. The van der Waals surface area contributed by atoms with Crippen molar-refractivity contribution in [3.8, 4) is 0 Å². The molecule has 0 N–H and O–H groups in total. The first kappa shape index (κ1) is 9.84. The summed E-state index contributed by atoms with van der Waals surface area (Å²) < 4.78 is 10.4. The Balaban J connectivity index is 2.10. The van der Waals surface area contributed by atoms with E-state index in [1.54, 1.807) is 13.0 Å². The maximum atomic E-state index is 12.1. The van der Waals surface area contributed by atoms with Crippen molar-refractivity contribution in [3.63, 3.8) is 0 Å². The third-order valence-electron chi connectivity index (χ3n) is 2.64. The number of hydrogen-bond donors (Lipinski definition) is 0. The molecule has 0 aliphatic heterocycles. The van der Waals surface area contributed by atoms with Gasteiger partial charge in [-0.25, -0.2) is 0 Å². The van der Waals surface area contributed by atoms with Gasteiger partial charge >= 0.3 is 0 Å². The standard InChI is InChI=1S/C13H9NO3/c1-8-10(7-14-17-8)13(15)12-6-9-4-2-3-5-11(9)16-12/h2-7H,1H3. The summed E-state index contributed by atoms with van der Waals surface area (Å²) in [5.41, 5.74) is 1.13. The van der Waals surface area contributed by atoms with Crippen molar-refractivity contribution in [1.82, 2.24) is 5.16 Å². The Bertz CT molecular complexity index is 660. The van der Waals surface area contributed by atoms with Gasteiger partial charge in [-0.05, 0) is 19.1 Å². The van der Waals surface area contributed by atoms with Crippen LogP contribution in [-0.2, 0) is 0 Å². The van der Waals surface area contributed by atoms with Crippen molar-refractivity contribution in [2.75, 3.05) is 0 Å². The second-order valence-electron chi connectivity index (χ2n) is 3.77. The van der Waals surface area contributed by atoms with E-state index in [2.05, 4.69) is 5.16 Å². The van der Waals surface area contributed by atoms with Crippen LogP contribution in [-0.4, -0.2) is 10.9 Å². The molecule has 2 heterocycles. The number of hydrogen-bond acceptors (Lipinski definition) is 4. The lowest BCUT2D eigenvalue weighted by atomic mass is 10.1. The normalized spacial score (nSPS) is 10.9. The molecule has 17 heavy (non-hydrogen) atoms. The minimum Gasteiger partial charge on any atom is -0.453 e. The Morgan fingerprint density at radius 3 is 2.82 bits per heavy atom. The highest BCUT2D eigenvalue weighted by Crippen LogP contribution is 2.22. The fourth-order valence-electron chi connectivity index (χ4n) is 1.74. The van der Waals surface area contributed by atoms with E-state index in [1.165, 1.54) is 6.20 Å². The van der Waals surface area contributed by atoms with Crippen molar-refractivity contribution >= 4 is 16.8 Å². The van der Waals surface area contributed by atoms with E-state index >= 15 is 0 Å². The highest BCUT2D eigenvalue weighted by atomic mass is 16.5. The summed E-state index contributed by atoms with van der Waals surface area (Å²) >= 11 is 0. The number of benzene rings is 1. The highest BCUT2D eigenvalue weighted by molar-refractivity contribution is 6.09. The van der Waals surface area contributed by atoms with Crippen LogP contribution in [0.5, 0.6) is 0 Å². The second-order valence-corrected chi connectivity index (χ2v) is 3.77. The quantitative estimate of drug-likeness (QED) is 0.631. The monoisotopic (exact) mass is 227 g/mol. The molecule has 4 heteroatoms. The number of furan rings is 1. The average molecular weight is 227 g/mol. The number of carbonyl (C=O) groups excluding carboxylic acids is 1. The topological polar surface area (TPSA) is 56.2 Å². The summed E-state index contributed by atoms with van der Waals surface area (Å²) in [4.78, 5) is 12.1. The van der Waals surface area contributed by atoms with Crippen LogP contribution in [0.1, 0.15) is 21.9 Å². The molecule has 2 aromatic heterocycles. The molecule has 0 amide bonds. The number of fused-ring (bicyclic) bond motifs is 1. The van der Waals surface area contributed by atoms with Crippen LogP contribution in [0, 0.1) is 6.92 Å². The van der Waals surface area contributed by atoms with Gasteiger partial charge < -0.3 is 8.94 Å². The second kappa shape index (κ2) is 3.59. The maximum absolute atomic E-state index is 12.1. The van der Waals surface area contributed by atoms with Gasteiger partial charge in [0.05, 0.1) is 11.8 Å². The summed E-state index contributed by atoms with van der Waals surface area (Å²) in [6, 6.07) is 9.22. The third-order valence-corrected chi connectivity index (χ3v) is 2.64. The fraction of sp³-hybridized carbons (Fsp3) is 0.0769. The van der Waals surface area contributed by atoms with Crippen LogP contribution in [0.15, 0.2) is 45.5 Å². The van der Waals surface area contributed by atoms with E-state index in [4.69, 9.17) is 8.94 Å². The van der Waals surface area contributed by atoms with Gasteiger partial charge in [0.1, 0.15) is 11.3 Å². The predicted octanol–water partition coefficient (Wildman–Crippen LogP) is 2.96. The molecule has 4 nitrogen and oxygen atoms in total. The van der Waals surface area contributed by atoms with Gasteiger partial charge in [-0.2, -0.15) is 0 Å². The SMILES string of the molecule is Cc1oncc1C(=O)c1cc2ccccc2o1. The zero-order valence-electron chi connectivity index (χ0n) is 9.14. The van der Waals surface area contributed by atoms with Gasteiger partial charge in [-0.3, -0.25) is 4.79 Å². The van der Waals surface area contributed by atoms with Gasteiger partial charge in [0, 0.05) is 5.39 Å². The molecule has 0 fully saturated rings. The number of aryl methyl sites for hydroxylation is 1. The average Bonchev–Trinajstić information content (AvgIpc) is 2.93. The lowest BCUT2D eigenvalue weighted by molar-refractivity contribution is 0.101. The minimum absolute atomic E-state index is 0.208. The van der Waals surface area contributed by atoms with E-state index in [9.17, 15) is 4.79 Å². The van der Waals surface area contributed by atoms with Crippen LogP contribution in [0.4, 0.5) is 0 Å². The summed E-state index contributed by atoms with van der Waals surface area (Å²) in [5, 5.41) is 4.49. The van der Waals surface area contributed by atoms with Crippen molar-refractivity contribution in [2.24, 2.45) is 0 Å². The summed E-state index contributed by atoms with van der Waals surface area (Å²) in [6.07, 6.45) is 1.41. The Hall–Kier alpha value is -2.36. The molecule has 84 valence electrons. The largest absolute Gasteiger partial charge is 0.453 e. The van der Waals surface area contributed by atoms with Crippen LogP contribution in [0.25, 0.3) is 11.0 Å². The highest BCUT2D eigenvalue weighted by Gasteiger charge is 2.18. The maximum Gasteiger partial charge on any atom is 0.233 e. The van der Waals surface area contributed by atoms with Gasteiger partial charge in [0.25, 0.3) is 0 Å². The Kier molecular flexibility index (Phi) is 2.08. The first-order chi connectivity index (χ1) is 8.25. The number of carbonyl (C=O) groups is 1. The first-order valence-corrected chi connectivity index (χ1v) is 5.20. The van der Waals surface area contributed by atoms with Gasteiger partial charge in [0.15, 0.2) is 5.76 Å². The summed E-state index contributed by atoms with van der Waals surface area (Å²) in [5.74, 6) is 0.591. The number of aromatic nitrogens is 1. The van der Waals surface area contributed by atoms with Crippen molar-refractivity contribution in [3.05, 3.63) is 53.6 Å². The third kappa shape index (κ3) is 1.54. The molecule has 0 saturated carbocycles. The molecule has 3 rings (SSSR count). The van der Waals surface area contributed by atoms with E-state index in [1.807, 2.05) is 24.3 Å². The number of para-hydroxylation sites is 1.